The molecule has 1 aliphatic rings. The van der Waals surface area contributed by atoms with Crippen LogP contribution in [0.2, 0.25) is 0 Å². The molecule has 0 radical (unpaired) electrons. The molecule has 1 aromatic heterocycles. The summed E-state index contributed by atoms with van der Waals surface area (Å²) in [4.78, 5) is 16.6. The van der Waals surface area contributed by atoms with Crippen molar-refractivity contribution in [1.82, 2.24) is 20.0 Å². The first-order valence-corrected chi connectivity index (χ1v) is 7.47. The van der Waals surface area contributed by atoms with E-state index in [1.165, 1.54) is 0 Å². The molecular weight excluding hydrogens is 270 g/mol. The molecule has 7 nitrogen and oxygen atoms in total. The molecule has 0 bridgehead atoms. The van der Waals surface area contributed by atoms with Gasteiger partial charge >= 0.3 is 0 Å². The Labute approximate surface area is 125 Å². The monoisotopic (exact) mass is 295 g/mol. The van der Waals surface area contributed by atoms with Crippen LogP contribution in [0.5, 0.6) is 0 Å². The molecule has 1 fully saturated rings. The minimum atomic E-state index is -0.00166. The molecule has 118 valence electrons. The topological polar surface area (TPSA) is 84.5 Å². The molecule has 2 heterocycles. The van der Waals surface area contributed by atoms with Crippen molar-refractivity contribution in [3.05, 3.63) is 11.4 Å². The SMILES string of the molecule is Cc1n[nH]c(C)c1NC(=O)CN1CCCN(CCO)CC1. The highest BCUT2D eigenvalue weighted by atomic mass is 16.3. The van der Waals surface area contributed by atoms with E-state index in [2.05, 4.69) is 25.3 Å². The van der Waals surface area contributed by atoms with Crippen molar-refractivity contribution >= 4 is 11.6 Å². The molecule has 0 spiro atoms. The van der Waals surface area contributed by atoms with Crippen LogP contribution in [0.4, 0.5) is 5.69 Å². The van der Waals surface area contributed by atoms with Gasteiger partial charge in [-0.3, -0.25) is 19.7 Å². The Kier molecular flexibility index (Phi) is 5.72. The lowest BCUT2D eigenvalue weighted by Crippen LogP contribution is -2.37. The van der Waals surface area contributed by atoms with Crippen LogP contribution in [0, 0.1) is 13.8 Å². The zero-order chi connectivity index (χ0) is 15.2. The molecule has 3 N–H and O–H groups in total. The highest BCUT2D eigenvalue weighted by molar-refractivity contribution is 5.93. The number of H-pyrrole nitrogens is 1. The third-order valence-corrected chi connectivity index (χ3v) is 3.86. The molecule has 1 aromatic rings. The van der Waals surface area contributed by atoms with Gasteiger partial charge in [-0.15, -0.1) is 0 Å². The molecule has 1 aliphatic heterocycles. The fourth-order valence-electron chi connectivity index (χ4n) is 2.66. The van der Waals surface area contributed by atoms with Crippen LogP contribution in [0.1, 0.15) is 17.8 Å². The van der Waals surface area contributed by atoms with E-state index >= 15 is 0 Å². The lowest BCUT2D eigenvalue weighted by molar-refractivity contribution is -0.117. The molecule has 0 aliphatic carbocycles. The average molecular weight is 295 g/mol. The van der Waals surface area contributed by atoms with Crippen molar-refractivity contribution in [2.45, 2.75) is 20.3 Å². The fourth-order valence-corrected chi connectivity index (χ4v) is 2.66. The molecule has 1 saturated heterocycles. The molecule has 2 rings (SSSR count). The second kappa shape index (κ2) is 7.53. The van der Waals surface area contributed by atoms with Gasteiger partial charge in [0.25, 0.3) is 0 Å². The van der Waals surface area contributed by atoms with Gasteiger partial charge in [0, 0.05) is 19.6 Å². The number of carbonyl (C=O) groups excluding carboxylic acids is 1. The minimum absolute atomic E-state index is 0.00166. The second-order valence-electron chi connectivity index (χ2n) is 5.55. The summed E-state index contributed by atoms with van der Waals surface area (Å²) >= 11 is 0. The fraction of sp³-hybridized carbons (Fsp3) is 0.714. The second-order valence-corrected chi connectivity index (χ2v) is 5.55. The third-order valence-electron chi connectivity index (χ3n) is 3.86. The first kappa shape index (κ1) is 15.9. The maximum atomic E-state index is 12.2. The summed E-state index contributed by atoms with van der Waals surface area (Å²) in [5.41, 5.74) is 2.48. The van der Waals surface area contributed by atoms with E-state index in [9.17, 15) is 4.79 Å². The van der Waals surface area contributed by atoms with Gasteiger partial charge in [0.1, 0.15) is 0 Å². The molecule has 0 unspecified atom stereocenters. The van der Waals surface area contributed by atoms with Gasteiger partial charge in [-0.05, 0) is 33.4 Å². The number of hydrogen-bond donors (Lipinski definition) is 3. The lowest BCUT2D eigenvalue weighted by Gasteiger charge is -2.20. The number of anilines is 1. The van der Waals surface area contributed by atoms with Crippen LogP contribution in [0.25, 0.3) is 0 Å². The Morgan fingerprint density at radius 3 is 2.67 bits per heavy atom. The number of β-amino-alcohol motifs (C(OH)–C–C–N with tert-alkyl or cyclic N) is 1. The summed E-state index contributed by atoms with van der Waals surface area (Å²) in [6.45, 7) is 8.74. The molecule has 21 heavy (non-hydrogen) atoms. The molecule has 0 saturated carbocycles. The highest BCUT2D eigenvalue weighted by Crippen LogP contribution is 2.15. The van der Waals surface area contributed by atoms with E-state index in [0.29, 0.717) is 13.1 Å². The Morgan fingerprint density at radius 2 is 2.00 bits per heavy atom. The number of rotatable bonds is 5. The van der Waals surface area contributed by atoms with Crippen molar-refractivity contribution in [3.8, 4) is 0 Å². The predicted octanol–water partition coefficient (Wildman–Crippen LogP) is -0.0350. The normalized spacial score (nSPS) is 17.7. The first-order valence-electron chi connectivity index (χ1n) is 7.47. The minimum Gasteiger partial charge on any atom is -0.395 e. The Hall–Kier alpha value is -1.44. The van der Waals surface area contributed by atoms with Crippen LogP contribution in [-0.4, -0.2) is 76.9 Å². The maximum Gasteiger partial charge on any atom is 0.238 e. The highest BCUT2D eigenvalue weighted by Gasteiger charge is 2.18. The summed E-state index contributed by atoms with van der Waals surface area (Å²) in [5.74, 6) is -0.00166. The third kappa shape index (κ3) is 4.52. The summed E-state index contributed by atoms with van der Waals surface area (Å²) < 4.78 is 0. The number of carbonyl (C=O) groups is 1. The van der Waals surface area contributed by atoms with E-state index < -0.39 is 0 Å². The van der Waals surface area contributed by atoms with E-state index in [1.807, 2.05) is 13.8 Å². The number of amides is 1. The Morgan fingerprint density at radius 1 is 1.29 bits per heavy atom. The maximum absolute atomic E-state index is 12.2. The Bertz CT molecular complexity index is 454. The van der Waals surface area contributed by atoms with Crippen LogP contribution in [-0.2, 0) is 4.79 Å². The van der Waals surface area contributed by atoms with Crippen LogP contribution < -0.4 is 5.32 Å². The number of aromatic amines is 1. The average Bonchev–Trinajstić information content (AvgIpc) is 2.66. The van der Waals surface area contributed by atoms with Crippen molar-refractivity contribution in [2.24, 2.45) is 0 Å². The van der Waals surface area contributed by atoms with Crippen molar-refractivity contribution in [1.29, 1.82) is 0 Å². The van der Waals surface area contributed by atoms with Crippen LogP contribution in [0.3, 0.4) is 0 Å². The number of aromatic nitrogens is 2. The molecule has 1 amide bonds. The number of aliphatic hydroxyl groups is 1. The summed E-state index contributed by atoms with van der Waals surface area (Å²) in [6.07, 6.45) is 1.02. The van der Waals surface area contributed by atoms with Crippen molar-refractivity contribution in [2.75, 3.05) is 51.2 Å². The Balaban J connectivity index is 1.83. The largest absolute Gasteiger partial charge is 0.395 e. The molecular formula is C14H25N5O2. The zero-order valence-corrected chi connectivity index (χ0v) is 12.9. The van der Waals surface area contributed by atoms with Gasteiger partial charge in [0.2, 0.25) is 5.91 Å². The first-order chi connectivity index (χ1) is 10.1. The van der Waals surface area contributed by atoms with Gasteiger partial charge in [0.15, 0.2) is 0 Å². The zero-order valence-electron chi connectivity index (χ0n) is 12.9. The van der Waals surface area contributed by atoms with Gasteiger partial charge in [-0.2, -0.15) is 5.10 Å². The molecule has 0 aromatic carbocycles. The quantitative estimate of drug-likeness (QED) is 0.710. The standard InChI is InChI=1S/C14H25N5O2/c1-11-14(12(2)17-16-11)15-13(21)10-19-5-3-4-18(6-7-19)8-9-20/h20H,3-10H2,1-2H3,(H,15,21)(H,16,17). The number of nitrogens with zero attached hydrogens (tertiary/aromatic N) is 3. The van der Waals surface area contributed by atoms with Crippen LogP contribution >= 0.6 is 0 Å². The van der Waals surface area contributed by atoms with Gasteiger partial charge in [-0.1, -0.05) is 0 Å². The number of aliphatic hydroxyl groups excluding tert-OH is 1. The van der Waals surface area contributed by atoms with Gasteiger partial charge in [-0.25, -0.2) is 0 Å². The lowest BCUT2D eigenvalue weighted by atomic mass is 10.3. The van der Waals surface area contributed by atoms with E-state index in [-0.39, 0.29) is 12.5 Å². The number of nitrogens with one attached hydrogen (secondary N) is 2. The van der Waals surface area contributed by atoms with Crippen molar-refractivity contribution in [3.63, 3.8) is 0 Å². The molecule has 7 heteroatoms. The summed E-state index contributed by atoms with van der Waals surface area (Å²) in [5, 5.41) is 18.9. The summed E-state index contributed by atoms with van der Waals surface area (Å²) in [6, 6.07) is 0. The van der Waals surface area contributed by atoms with E-state index in [0.717, 1.165) is 49.7 Å². The van der Waals surface area contributed by atoms with Gasteiger partial charge in [0.05, 0.1) is 30.2 Å². The van der Waals surface area contributed by atoms with E-state index in [1.54, 1.807) is 0 Å². The van der Waals surface area contributed by atoms with Gasteiger partial charge < -0.3 is 10.4 Å². The number of aryl methyl sites for hydroxylation is 2. The molecule has 0 atom stereocenters. The van der Waals surface area contributed by atoms with Crippen LogP contribution in [0.15, 0.2) is 0 Å². The van der Waals surface area contributed by atoms with Crippen molar-refractivity contribution < 1.29 is 9.90 Å². The predicted molar refractivity (Wildman–Crippen MR) is 81.3 cm³/mol. The van der Waals surface area contributed by atoms with E-state index in [4.69, 9.17) is 5.11 Å². The summed E-state index contributed by atoms with van der Waals surface area (Å²) in [7, 11) is 0. The smallest absolute Gasteiger partial charge is 0.238 e. The number of hydrogen-bond acceptors (Lipinski definition) is 5.